The number of likely N-dealkylation sites (tertiary alicyclic amines) is 1. The molecule has 0 atom stereocenters. The molecule has 130 valence electrons. The molecule has 0 radical (unpaired) electrons. The van der Waals surface area contributed by atoms with E-state index < -0.39 is 0 Å². The van der Waals surface area contributed by atoms with Crippen molar-refractivity contribution in [2.75, 3.05) is 45.8 Å². The first-order chi connectivity index (χ1) is 10.4. The Kier molecular flexibility index (Phi) is 6.73. The average Bonchev–Trinajstić information content (AvgIpc) is 2.48. The van der Waals surface area contributed by atoms with Gasteiger partial charge in [-0.3, -0.25) is 4.90 Å². The lowest BCUT2D eigenvalue weighted by Crippen LogP contribution is -2.59. The second-order valence-electron chi connectivity index (χ2n) is 8.44. The van der Waals surface area contributed by atoms with Crippen molar-refractivity contribution in [1.82, 2.24) is 14.7 Å². The molecule has 0 aromatic heterocycles. The van der Waals surface area contributed by atoms with Crippen LogP contribution in [0.25, 0.3) is 0 Å². The molecule has 2 fully saturated rings. The van der Waals surface area contributed by atoms with Crippen molar-refractivity contribution >= 4 is 0 Å². The molecule has 2 heterocycles. The summed E-state index contributed by atoms with van der Waals surface area (Å²) in [5.41, 5.74) is 0.356. The van der Waals surface area contributed by atoms with Gasteiger partial charge in [-0.25, -0.2) is 0 Å². The summed E-state index contributed by atoms with van der Waals surface area (Å²) in [6.45, 7) is 20.8. The topological polar surface area (TPSA) is 9.72 Å². The van der Waals surface area contributed by atoms with Crippen LogP contribution >= 0.6 is 0 Å². The van der Waals surface area contributed by atoms with E-state index in [1.54, 1.807) is 0 Å². The predicted molar refractivity (Wildman–Crippen MR) is 96.4 cm³/mol. The van der Waals surface area contributed by atoms with Gasteiger partial charge in [-0.15, -0.1) is 0 Å². The van der Waals surface area contributed by atoms with Crippen molar-refractivity contribution in [3.63, 3.8) is 0 Å². The standard InChI is InChI=1S/C19H39N3/c1-6-10-22-15-14-20(16-19(22,4)5)11-7-18-8-12-21(13-9-18)17(2)3/h17-18H,6-16H2,1-5H3. The van der Waals surface area contributed by atoms with Gasteiger partial charge in [0.2, 0.25) is 0 Å². The van der Waals surface area contributed by atoms with Crippen LogP contribution in [0, 0.1) is 5.92 Å². The zero-order valence-corrected chi connectivity index (χ0v) is 15.8. The molecule has 0 amide bonds. The van der Waals surface area contributed by atoms with Gasteiger partial charge in [0.15, 0.2) is 0 Å². The third kappa shape index (κ3) is 4.94. The van der Waals surface area contributed by atoms with Gasteiger partial charge < -0.3 is 9.80 Å². The number of piperazine rings is 1. The van der Waals surface area contributed by atoms with Crippen LogP contribution in [0.2, 0.25) is 0 Å². The molecule has 0 unspecified atom stereocenters. The van der Waals surface area contributed by atoms with Crippen LogP contribution in [0.3, 0.4) is 0 Å². The molecule has 0 aromatic rings. The lowest BCUT2D eigenvalue weighted by Gasteiger charge is -2.47. The summed E-state index contributed by atoms with van der Waals surface area (Å²) in [5, 5.41) is 0. The Morgan fingerprint density at radius 2 is 1.68 bits per heavy atom. The molecule has 22 heavy (non-hydrogen) atoms. The highest BCUT2D eigenvalue weighted by Crippen LogP contribution is 2.25. The molecule has 2 aliphatic rings. The Hall–Kier alpha value is -0.120. The van der Waals surface area contributed by atoms with Crippen LogP contribution in [0.5, 0.6) is 0 Å². The number of hydrogen-bond acceptors (Lipinski definition) is 3. The minimum atomic E-state index is 0.356. The van der Waals surface area contributed by atoms with Crippen molar-refractivity contribution in [3.8, 4) is 0 Å². The smallest absolute Gasteiger partial charge is 0.0280 e. The summed E-state index contributed by atoms with van der Waals surface area (Å²) in [6, 6.07) is 0.730. The first-order valence-corrected chi connectivity index (χ1v) is 9.64. The molecule has 0 bridgehead atoms. The minimum absolute atomic E-state index is 0.356. The molecule has 3 nitrogen and oxygen atoms in total. The first-order valence-electron chi connectivity index (χ1n) is 9.64. The molecule has 2 rings (SSSR count). The van der Waals surface area contributed by atoms with E-state index >= 15 is 0 Å². The molecule has 0 spiro atoms. The number of nitrogens with zero attached hydrogens (tertiary/aromatic N) is 3. The van der Waals surface area contributed by atoms with Gasteiger partial charge in [-0.2, -0.15) is 0 Å². The highest BCUT2D eigenvalue weighted by molar-refractivity contribution is 4.90. The van der Waals surface area contributed by atoms with Crippen LogP contribution in [0.15, 0.2) is 0 Å². The van der Waals surface area contributed by atoms with E-state index in [1.165, 1.54) is 71.5 Å². The summed E-state index contributed by atoms with van der Waals surface area (Å²) in [4.78, 5) is 8.05. The van der Waals surface area contributed by atoms with E-state index in [4.69, 9.17) is 0 Å². The summed E-state index contributed by atoms with van der Waals surface area (Å²) in [7, 11) is 0. The van der Waals surface area contributed by atoms with Crippen molar-refractivity contribution in [1.29, 1.82) is 0 Å². The number of hydrogen-bond donors (Lipinski definition) is 0. The van der Waals surface area contributed by atoms with Gasteiger partial charge in [-0.1, -0.05) is 6.92 Å². The van der Waals surface area contributed by atoms with E-state index in [2.05, 4.69) is 49.3 Å². The first kappa shape index (κ1) is 18.2. The van der Waals surface area contributed by atoms with Crippen LogP contribution in [0.1, 0.15) is 60.3 Å². The third-order valence-corrected chi connectivity index (χ3v) is 5.88. The average molecular weight is 310 g/mol. The monoisotopic (exact) mass is 309 g/mol. The SMILES string of the molecule is CCCN1CCN(CCC2CCN(C(C)C)CC2)CC1(C)C. The van der Waals surface area contributed by atoms with Crippen LogP contribution < -0.4 is 0 Å². The second-order valence-corrected chi connectivity index (χ2v) is 8.44. The molecule has 0 aromatic carbocycles. The lowest BCUT2D eigenvalue weighted by atomic mass is 9.92. The minimum Gasteiger partial charge on any atom is -0.301 e. The maximum Gasteiger partial charge on any atom is 0.0280 e. The molecule has 2 aliphatic heterocycles. The quantitative estimate of drug-likeness (QED) is 0.745. The molecule has 0 N–H and O–H groups in total. The third-order valence-electron chi connectivity index (χ3n) is 5.88. The maximum atomic E-state index is 2.72. The second kappa shape index (κ2) is 8.12. The van der Waals surface area contributed by atoms with E-state index in [0.717, 1.165) is 12.0 Å². The Morgan fingerprint density at radius 1 is 1.00 bits per heavy atom. The van der Waals surface area contributed by atoms with Gasteiger partial charge in [0.25, 0.3) is 0 Å². The van der Waals surface area contributed by atoms with E-state index in [1.807, 2.05) is 0 Å². The molecule has 0 saturated carbocycles. The predicted octanol–water partition coefficient (Wildman–Crippen LogP) is 3.30. The zero-order chi connectivity index (χ0) is 16.2. The van der Waals surface area contributed by atoms with Crippen molar-refractivity contribution < 1.29 is 0 Å². The highest BCUT2D eigenvalue weighted by atomic mass is 15.3. The van der Waals surface area contributed by atoms with Crippen LogP contribution in [0.4, 0.5) is 0 Å². The number of rotatable bonds is 6. The summed E-state index contributed by atoms with van der Waals surface area (Å²) >= 11 is 0. The molecule has 3 heteroatoms. The maximum absolute atomic E-state index is 2.72. The van der Waals surface area contributed by atoms with Crippen molar-refractivity contribution in [2.45, 2.75) is 71.9 Å². The normalized spacial score (nSPS) is 25.9. The lowest BCUT2D eigenvalue weighted by molar-refractivity contribution is 0.0160. The van der Waals surface area contributed by atoms with Gasteiger partial charge in [-0.05, 0) is 85.5 Å². The Labute approximate surface area is 139 Å². The Bertz CT molecular complexity index is 319. The van der Waals surface area contributed by atoms with Gasteiger partial charge in [0.1, 0.15) is 0 Å². The number of piperidine rings is 1. The Balaban J connectivity index is 1.70. The van der Waals surface area contributed by atoms with Gasteiger partial charge in [0, 0.05) is 31.2 Å². The summed E-state index contributed by atoms with van der Waals surface area (Å²) < 4.78 is 0. The van der Waals surface area contributed by atoms with E-state index in [9.17, 15) is 0 Å². The van der Waals surface area contributed by atoms with Crippen LogP contribution in [-0.4, -0.2) is 72.1 Å². The molecule has 0 aliphatic carbocycles. The van der Waals surface area contributed by atoms with Gasteiger partial charge in [0.05, 0.1) is 0 Å². The summed E-state index contributed by atoms with van der Waals surface area (Å²) in [6.07, 6.45) is 5.52. The fourth-order valence-corrected chi connectivity index (χ4v) is 4.29. The largest absolute Gasteiger partial charge is 0.301 e. The van der Waals surface area contributed by atoms with Crippen LogP contribution in [-0.2, 0) is 0 Å². The van der Waals surface area contributed by atoms with Crippen molar-refractivity contribution in [2.24, 2.45) is 5.92 Å². The summed E-state index contributed by atoms with van der Waals surface area (Å²) in [5.74, 6) is 0.965. The highest BCUT2D eigenvalue weighted by Gasteiger charge is 2.33. The van der Waals surface area contributed by atoms with Crippen molar-refractivity contribution in [3.05, 3.63) is 0 Å². The zero-order valence-electron chi connectivity index (χ0n) is 15.8. The van der Waals surface area contributed by atoms with E-state index in [0.29, 0.717) is 5.54 Å². The molecule has 2 saturated heterocycles. The molecular weight excluding hydrogens is 270 g/mol. The Morgan fingerprint density at radius 3 is 2.23 bits per heavy atom. The fourth-order valence-electron chi connectivity index (χ4n) is 4.29. The van der Waals surface area contributed by atoms with Gasteiger partial charge >= 0.3 is 0 Å². The van der Waals surface area contributed by atoms with E-state index in [-0.39, 0.29) is 0 Å². The molecular formula is C19H39N3. The fraction of sp³-hybridized carbons (Fsp3) is 1.00.